The fourth-order valence-electron chi connectivity index (χ4n) is 3.72. The SMILES string of the molecule is O=C(O)CC(C(=O)Nc1cc(Cc2n[nH]c(=O)c3ccccc23)ccc1Cl)c1ccccc1. The average molecular weight is 462 g/mol. The van der Waals surface area contributed by atoms with Crippen molar-refractivity contribution in [2.75, 3.05) is 5.32 Å². The van der Waals surface area contributed by atoms with Crippen molar-refractivity contribution in [2.45, 2.75) is 18.8 Å². The number of fused-ring (bicyclic) bond motifs is 1. The van der Waals surface area contributed by atoms with Gasteiger partial charge in [0.05, 0.1) is 34.1 Å². The smallest absolute Gasteiger partial charge is 0.304 e. The van der Waals surface area contributed by atoms with E-state index in [0.717, 1.165) is 10.9 Å². The Hall–Kier alpha value is -3.97. The summed E-state index contributed by atoms with van der Waals surface area (Å²) in [6.07, 6.45) is 0.0506. The van der Waals surface area contributed by atoms with Crippen LogP contribution < -0.4 is 10.9 Å². The van der Waals surface area contributed by atoms with Crippen molar-refractivity contribution in [3.05, 3.63) is 105 Å². The highest BCUT2D eigenvalue weighted by molar-refractivity contribution is 6.33. The van der Waals surface area contributed by atoms with Crippen LogP contribution >= 0.6 is 11.6 Å². The molecule has 166 valence electrons. The third-order valence-electron chi connectivity index (χ3n) is 5.33. The lowest BCUT2D eigenvalue weighted by molar-refractivity contribution is -0.139. The molecule has 0 aliphatic rings. The van der Waals surface area contributed by atoms with E-state index in [4.69, 9.17) is 11.6 Å². The summed E-state index contributed by atoms with van der Waals surface area (Å²) < 4.78 is 0. The molecule has 1 heterocycles. The summed E-state index contributed by atoms with van der Waals surface area (Å²) in [4.78, 5) is 36.4. The Morgan fingerprint density at radius 1 is 1.00 bits per heavy atom. The first kappa shape index (κ1) is 22.2. The van der Waals surface area contributed by atoms with Gasteiger partial charge in [0.15, 0.2) is 0 Å². The number of carboxylic acid groups (broad SMARTS) is 1. The minimum Gasteiger partial charge on any atom is -0.481 e. The van der Waals surface area contributed by atoms with E-state index in [-0.39, 0.29) is 12.0 Å². The van der Waals surface area contributed by atoms with E-state index in [9.17, 15) is 19.5 Å². The van der Waals surface area contributed by atoms with Crippen LogP contribution in [0.2, 0.25) is 5.02 Å². The summed E-state index contributed by atoms with van der Waals surface area (Å²) in [6.45, 7) is 0. The first-order chi connectivity index (χ1) is 15.9. The van der Waals surface area contributed by atoms with Gasteiger partial charge < -0.3 is 10.4 Å². The molecule has 1 aromatic heterocycles. The van der Waals surface area contributed by atoms with Gasteiger partial charge in [-0.25, -0.2) is 5.10 Å². The van der Waals surface area contributed by atoms with Crippen LogP contribution in [0.15, 0.2) is 77.6 Å². The topological polar surface area (TPSA) is 112 Å². The van der Waals surface area contributed by atoms with Gasteiger partial charge in [0, 0.05) is 11.8 Å². The number of hydrogen-bond acceptors (Lipinski definition) is 4. The first-order valence-electron chi connectivity index (χ1n) is 10.2. The molecule has 7 nitrogen and oxygen atoms in total. The number of amides is 1. The maximum absolute atomic E-state index is 13.0. The lowest BCUT2D eigenvalue weighted by Crippen LogP contribution is -2.23. The average Bonchev–Trinajstić information content (AvgIpc) is 2.82. The zero-order chi connectivity index (χ0) is 23.4. The third-order valence-corrected chi connectivity index (χ3v) is 5.66. The van der Waals surface area contributed by atoms with Crippen LogP contribution in [0.1, 0.15) is 29.2 Å². The summed E-state index contributed by atoms with van der Waals surface area (Å²) in [5, 5.41) is 20.4. The molecule has 4 aromatic rings. The Morgan fingerprint density at radius 2 is 1.70 bits per heavy atom. The highest BCUT2D eigenvalue weighted by Crippen LogP contribution is 2.28. The monoisotopic (exact) mass is 461 g/mol. The number of H-pyrrole nitrogens is 1. The van der Waals surface area contributed by atoms with Gasteiger partial charge >= 0.3 is 5.97 Å². The summed E-state index contributed by atoms with van der Waals surface area (Å²) in [5.74, 6) is -2.40. The van der Waals surface area contributed by atoms with Crippen molar-refractivity contribution in [2.24, 2.45) is 0 Å². The van der Waals surface area contributed by atoms with E-state index in [1.165, 1.54) is 0 Å². The number of carboxylic acids is 1. The second-order valence-corrected chi connectivity index (χ2v) is 7.99. The number of aliphatic carboxylic acids is 1. The van der Waals surface area contributed by atoms with E-state index < -0.39 is 17.8 Å². The number of rotatable bonds is 7. The second kappa shape index (κ2) is 9.67. The van der Waals surface area contributed by atoms with Crippen molar-refractivity contribution in [1.82, 2.24) is 10.2 Å². The first-order valence-corrected chi connectivity index (χ1v) is 10.6. The zero-order valence-corrected chi connectivity index (χ0v) is 18.2. The molecule has 4 rings (SSSR count). The van der Waals surface area contributed by atoms with Gasteiger partial charge in [-0.05, 0) is 29.3 Å². The molecule has 0 spiro atoms. The molecule has 0 saturated heterocycles. The highest BCUT2D eigenvalue weighted by Gasteiger charge is 2.24. The van der Waals surface area contributed by atoms with E-state index in [1.807, 2.05) is 18.2 Å². The maximum Gasteiger partial charge on any atom is 0.304 e. The van der Waals surface area contributed by atoms with E-state index in [2.05, 4.69) is 15.5 Å². The normalized spacial score (nSPS) is 11.8. The van der Waals surface area contributed by atoms with Gasteiger partial charge in [-0.3, -0.25) is 14.4 Å². The Labute approximate surface area is 194 Å². The number of nitrogens with one attached hydrogen (secondary N) is 2. The lowest BCUT2D eigenvalue weighted by Gasteiger charge is -2.17. The molecule has 0 bridgehead atoms. The molecule has 1 amide bonds. The van der Waals surface area contributed by atoms with Crippen molar-refractivity contribution < 1.29 is 14.7 Å². The summed E-state index contributed by atoms with van der Waals surface area (Å²) in [5.41, 5.74) is 2.21. The molecule has 1 unspecified atom stereocenters. The number of carbonyl (C=O) groups is 2. The van der Waals surface area contributed by atoms with Crippen LogP contribution in [0.25, 0.3) is 10.8 Å². The fraction of sp³-hybridized carbons (Fsp3) is 0.120. The molecular weight excluding hydrogens is 442 g/mol. The molecule has 33 heavy (non-hydrogen) atoms. The number of aromatic nitrogens is 2. The van der Waals surface area contributed by atoms with Gasteiger partial charge in [-0.2, -0.15) is 5.10 Å². The van der Waals surface area contributed by atoms with Crippen molar-refractivity contribution in [1.29, 1.82) is 0 Å². The number of carbonyl (C=O) groups excluding carboxylic acids is 1. The molecule has 0 saturated carbocycles. The Morgan fingerprint density at radius 3 is 2.42 bits per heavy atom. The van der Waals surface area contributed by atoms with E-state index >= 15 is 0 Å². The number of benzene rings is 3. The number of halogens is 1. The summed E-state index contributed by atoms with van der Waals surface area (Å²) >= 11 is 6.32. The molecule has 3 aromatic carbocycles. The van der Waals surface area contributed by atoms with Crippen molar-refractivity contribution in [3.63, 3.8) is 0 Å². The second-order valence-electron chi connectivity index (χ2n) is 7.59. The standard InChI is InChI=1S/C25H20ClN3O4/c26-20-11-10-15(12-21-17-8-4-5-9-18(17)25(33)29-28-21)13-22(20)27-24(32)19(14-23(30)31)16-6-2-1-3-7-16/h1-11,13,19H,12,14H2,(H,27,32)(H,29,33)(H,30,31). The molecule has 3 N–H and O–H groups in total. The van der Waals surface area contributed by atoms with Gasteiger partial charge in [-0.15, -0.1) is 0 Å². The molecular formula is C25H20ClN3O4. The largest absolute Gasteiger partial charge is 0.481 e. The zero-order valence-electron chi connectivity index (χ0n) is 17.4. The minimum absolute atomic E-state index is 0.260. The number of anilines is 1. The highest BCUT2D eigenvalue weighted by atomic mass is 35.5. The molecule has 1 atom stereocenters. The molecule has 0 radical (unpaired) electrons. The Kier molecular flexibility index (Phi) is 6.51. The Bertz CT molecular complexity index is 1390. The maximum atomic E-state index is 13.0. The predicted octanol–water partition coefficient (Wildman–Crippen LogP) is 4.36. The van der Waals surface area contributed by atoms with Gasteiger partial charge in [0.2, 0.25) is 5.91 Å². The van der Waals surface area contributed by atoms with Crippen LogP contribution in [-0.4, -0.2) is 27.2 Å². The quantitative estimate of drug-likeness (QED) is 0.378. The third kappa shape index (κ3) is 5.10. The molecule has 8 heteroatoms. The molecule has 0 aliphatic heterocycles. The van der Waals surface area contributed by atoms with Crippen LogP contribution in [0.5, 0.6) is 0 Å². The lowest BCUT2D eigenvalue weighted by atomic mass is 9.94. The van der Waals surface area contributed by atoms with Crippen LogP contribution in [0.3, 0.4) is 0 Å². The fourth-order valence-corrected chi connectivity index (χ4v) is 3.88. The summed E-state index contributed by atoms with van der Waals surface area (Å²) in [7, 11) is 0. The van der Waals surface area contributed by atoms with Crippen molar-refractivity contribution >= 4 is 39.9 Å². The minimum atomic E-state index is -1.07. The number of hydrogen-bond donors (Lipinski definition) is 3. The van der Waals surface area contributed by atoms with Crippen LogP contribution in [0, 0.1) is 0 Å². The molecule has 0 fully saturated rings. The van der Waals surface area contributed by atoms with E-state index in [1.54, 1.807) is 54.6 Å². The number of nitrogens with zero attached hydrogens (tertiary/aromatic N) is 1. The summed E-state index contributed by atoms with van der Waals surface area (Å²) in [6, 6.07) is 21.2. The van der Waals surface area contributed by atoms with Gasteiger partial charge in [0.1, 0.15) is 0 Å². The van der Waals surface area contributed by atoms with E-state index in [0.29, 0.717) is 33.8 Å². The predicted molar refractivity (Wildman–Crippen MR) is 127 cm³/mol. The number of aromatic amines is 1. The molecule has 0 aliphatic carbocycles. The van der Waals surface area contributed by atoms with Gasteiger partial charge in [0.25, 0.3) is 5.56 Å². The van der Waals surface area contributed by atoms with Crippen LogP contribution in [-0.2, 0) is 16.0 Å². The Balaban J connectivity index is 1.61. The van der Waals surface area contributed by atoms with Crippen LogP contribution in [0.4, 0.5) is 5.69 Å². The van der Waals surface area contributed by atoms with Crippen molar-refractivity contribution in [3.8, 4) is 0 Å². The van der Waals surface area contributed by atoms with Gasteiger partial charge in [-0.1, -0.05) is 66.2 Å².